The van der Waals surface area contributed by atoms with Gasteiger partial charge in [-0.05, 0) is 45.8 Å². The van der Waals surface area contributed by atoms with Crippen LogP contribution in [0, 0.1) is 12.0 Å². The summed E-state index contributed by atoms with van der Waals surface area (Å²) in [6.45, 7) is 4.92. The standard InChI is InChI=1S/C16H25N2O3.Fe/c1-12(2)5-7-14(16(20)21)18-11-13(6-8-15(18)19)9-10-17(3)4;/h8,11-12,14H,5,7,9-10H2,1-4H3,(H,20,21);/q-1;. The summed E-state index contributed by atoms with van der Waals surface area (Å²) in [4.78, 5) is 25.5. The predicted molar refractivity (Wildman–Crippen MR) is 82.5 cm³/mol. The fourth-order valence-corrected chi connectivity index (χ4v) is 2.09. The first kappa shape index (κ1) is 20.9. The first-order valence-electron chi connectivity index (χ1n) is 7.31. The van der Waals surface area contributed by atoms with Gasteiger partial charge in [0.05, 0.1) is 0 Å². The zero-order valence-electron chi connectivity index (χ0n) is 13.6. The predicted octanol–water partition coefficient (Wildman–Crippen LogP) is 1.81. The molecule has 0 radical (unpaired) electrons. The topological polar surface area (TPSA) is 62.5 Å². The van der Waals surface area contributed by atoms with Crippen molar-refractivity contribution in [1.29, 1.82) is 0 Å². The fourth-order valence-electron chi connectivity index (χ4n) is 2.09. The number of likely N-dealkylation sites (N-methyl/N-ethyl adjacent to an activating group) is 1. The van der Waals surface area contributed by atoms with Gasteiger partial charge >= 0.3 is 5.97 Å². The summed E-state index contributed by atoms with van der Waals surface area (Å²) in [6.07, 6.45) is 3.62. The van der Waals surface area contributed by atoms with Gasteiger partial charge in [-0.3, -0.25) is 4.79 Å². The number of rotatable bonds is 8. The first-order chi connectivity index (χ1) is 9.81. The van der Waals surface area contributed by atoms with Gasteiger partial charge in [0.25, 0.3) is 0 Å². The van der Waals surface area contributed by atoms with E-state index < -0.39 is 12.0 Å². The number of pyridine rings is 1. The Morgan fingerprint density at radius 1 is 1.36 bits per heavy atom. The maximum Gasteiger partial charge on any atom is 0.324 e. The molecule has 0 aromatic carbocycles. The van der Waals surface area contributed by atoms with Crippen LogP contribution in [0.4, 0.5) is 0 Å². The van der Waals surface area contributed by atoms with Crippen molar-refractivity contribution in [2.24, 2.45) is 5.92 Å². The molecule has 0 spiro atoms. The molecule has 22 heavy (non-hydrogen) atoms. The van der Waals surface area contributed by atoms with Gasteiger partial charge in [-0.2, -0.15) is 6.07 Å². The Balaban J connectivity index is 0.00000441. The third kappa shape index (κ3) is 6.77. The number of aliphatic carboxylic acids is 1. The second-order valence-electron chi connectivity index (χ2n) is 6.07. The summed E-state index contributed by atoms with van der Waals surface area (Å²) in [5.74, 6) is -0.548. The van der Waals surface area contributed by atoms with Crippen molar-refractivity contribution in [3.63, 3.8) is 0 Å². The SMILES string of the molecule is CC(C)CCC(C(=O)O)n1cc(CCN(C)C)[c-]cc1=O.[Fe]. The number of nitrogens with zero attached hydrogens (tertiary/aromatic N) is 2. The Hall–Kier alpha value is -1.10. The summed E-state index contributed by atoms with van der Waals surface area (Å²) in [7, 11) is 3.94. The van der Waals surface area contributed by atoms with E-state index in [1.165, 1.54) is 10.6 Å². The van der Waals surface area contributed by atoms with Crippen LogP contribution in [0.1, 0.15) is 38.3 Å². The summed E-state index contributed by atoms with van der Waals surface area (Å²) in [5.41, 5.74) is 0.554. The monoisotopic (exact) mass is 349 g/mol. The van der Waals surface area contributed by atoms with Crippen LogP contribution >= 0.6 is 0 Å². The third-order valence-corrected chi connectivity index (χ3v) is 3.40. The van der Waals surface area contributed by atoms with Gasteiger partial charge in [-0.25, -0.2) is 0 Å². The van der Waals surface area contributed by atoms with Crippen LogP contribution in [0.15, 0.2) is 17.1 Å². The molecule has 0 fully saturated rings. The molecule has 1 unspecified atom stereocenters. The molecule has 0 aliphatic carbocycles. The molecule has 1 N–H and O–H groups in total. The molecule has 0 amide bonds. The van der Waals surface area contributed by atoms with Gasteiger partial charge < -0.3 is 19.4 Å². The van der Waals surface area contributed by atoms with Gasteiger partial charge in [0.2, 0.25) is 0 Å². The van der Waals surface area contributed by atoms with E-state index >= 15 is 0 Å². The molecule has 6 heteroatoms. The van der Waals surface area contributed by atoms with Crippen molar-refractivity contribution in [2.45, 2.75) is 39.2 Å². The van der Waals surface area contributed by atoms with Crippen molar-refractivity contribution in [3.05, 3.63) is 34.2 Å². The Bertz CT molecular complexity index is 526. The molecule has 0 aliphatic heterocycles. The van der Waals surface area contributed by atoms with E-state index in [1.54, 1.807) is 6.20 Å². The molecule has 0 saturated carbocycles. The van der Waals surface area contributed by atoms with E-state index in [0.717, 1.165) is 24.9 Å². The third-order valence-electron chi connectivity index (χ3n) is 3.40. The molecule has 1 rings (SSSR count). The Morgan fingerprint density at radius 2 is 2.00 bits per heavy atom. The van der Waals surface area contributed by atoms with Crippen molar-refractivity contribution in [2.75, 3.05) is 20.6 Å². The number of aromatic nitrogens is 1. The smallest absolute Gasteiger partial charge is 0.324 e. The summed E-state index contributed by atoms with van der Waals surface area (Å²) in [6, 6.07) is 3.48. The molecule has 1 heterocycles. The number of hydrogen-bond acceptors (Lipinski definition) is 3. The van der Waals surface area contributed by atoms with Crippen molar-refractivity contribution in [3.8, 4) is 0 Å². The largest absolute Gasteiger partial charge is 0.480 e. The first-order valence-corrected chi connectivity index (χ1v) is 7.31. The minimum atomic E-state index is -0.956. The van der Waals surface area contributed by atoms with Gasteiger partial charge in [-0.15, -0.1) is 11.6 Å². The molecular weight excluding hydrogens is 324 g/mol. The maximum atomic E-state index is 12.0. The Morgan fingerprint density at radius 3 is 2.50 bits per heavy atom. The van der Waals surface area contributed by atoms with Crippen molar-refractivity contribution in [1.82, 2.24) is 9.47 Å². The second kappa shape index (κ2) is 9.82. The summed E-state index contributed by atoms with van der Waals surface area (Å²) < 4.78 is 1.34. The van der Waals surface area contributed by atoms with Crippen LogP contribution in [0.5, 0.6) is 0 Å². The quantitative estimate of drug-likeness (QED) is 0.574. The fraction of sp³-hybridized carbons (Fsp3) is 0.625. The van der Waals surface area contributed by atoms with Gasteiger partial charge in [0.15, 0.2) is 0 Å². The van der Waals surface area contributed by atoms with Crippen LogP contribution in [-0.4, -0.2) is 41.2 Å². The van der Waals surface area contributed by atoms with Crippen LogP contribution in [-0.2, 0) is 28.3 Å². The number of carboxylic acid groups (broad SMARTS) is 1. The van der Waals surface area contributed by atoms with Gasteiger partial charge in [0.1, 0.15) is 11.6 Å². The minimum Gasteiger partial charge on any atom is -0.480 e. The summed E-state index contributed by atoms with van der Waals surface area (Å²) in [5, 5.41) is 9.39. The zero-order chi connectivity index (χ0) is 16.0. The van der Waals surface area contributed by atoms with E-state index in [0.29, 0.717) is 12.3 Å². The number of carbonyl (C=O) groups is 1. The van der Waals surface area contributed by atoms with Crippen molar-refractivity contribution < 1.29 is 27.0 Å². The van der Waals surface area contributed by atoms with E-state index in [9.17, 15) is 14.7 Å². The summed E-state index contributed by atoms with van der Waals surface area (Å²) >= 11 is 0. The van der Waals surface area contributed by atoms with E-state index in [4.69, 9.17) is 0 Å². The van der Waals surface area contributed by atoms with Crippen LogP contribution in [0.2, 0.25) is 0 Å². The van der Waals surface area contributed by atoms with Gasteiger partial charge in [-0.1, -0.05) is 20.0 Å². The Kier molecular flexibility index (Phi) is 9.33. The molecular formula is C16H25FeN2O3-. The molecule has 1 aromatic rings. The average Bonchev–Trinajstić information content (AvgIpc) is 2.38. The molecule has 1 atom stereocenters. The average molecular weight is 349 g/mol. The number of hydrogen-bond donors (Lipinski definition) is 1. The van der Waals surface area contributed by atoms with E-state index in [-0.39, 0.29) is 22.6 Å². The zero-order valence-corrected chi connectivity index (χ0v) is 14.8. The van der Waals surface area contributed by atoms with Gasteiger partial charge in [0, 0.05) is 17.1 Å². The number of carboxylic acids is 1. The second-order valence-corrected chi connectivity index (χ2v) is 6.07. The van der Waals surface area contributed by atoms with E-state index in [2.05, 4.69) is 6.07 Å². The Labute approximate surface area is 142 Å². The molecule has 1 aromatic heterocycles. The molecule has 0 aliphatic rings. The minimum absolute atomic E-state index is 0. The van der Waals surface area contributed by atoms with Crippen LogP contribution in [0.3, 0.4) is 0 Å². The molecule has 0 saturated heterocycles. The molecule has 5 nitrogen and oxygen atoms in total. The van der Waals surface area contributed by atoms with Crippen molar-refractivity contribution >= 4 is 5.97 Å². The van der Waals surface area contributed by atoms with E-state index in [1.807, 2.05) is 32.8 Å². The normalized spacial score (nSPS) is 12.3. The maximum absolute atomic E-state index is 12.0. The molecule has 0 bridgehead atoms. The van der Waals surface area contributed by atoms with Crippen LogP contribution < -0.4 is 5.56 Å². The molecule has 126 valence electrons. The van der Waals surface area contributed by atoms with Crippen LogP contribution in [0.25, 0.3) is 0 Å².